The van der Waals surface area contributed by atoms with Gasteiger partial charge in [0, 0.05) is 42.6 Å². The molecular formula is C38H49FN2O6. The van der Waals surface area contributed by atoms with Crippen molar-refractivity contribution >= 4 is 17.7 Å². The second-order valence-electron chi connectivity index (χ2n) is 14.1. The lowest BCUT2D eigenvalue weighted by Gasteiger charge is -2.25. The Morgan fingerprint density at radius 2 is 1.72 bits per heavy atom. The largest absolute Gasteiger partial charge is 0.489 e. The van der Waals surface area contributed by atoms with Crippen LogP contribution in [0.2, 0.25) is 0 Å². The number of rotatable bonds is 11. The molecule has 2 unspecified atom stereocenters. The number of anilines is 1. The van der Waals surface area contributed by atoms with Crippen LogP contribution in [0.1, 0.15) is 84.0 Å². The molecule has 254 valence electrons. The zero-order valence-corrected chi connectivity index (χ0v) is 28.9. The van der Waals surface area contributed by atoms with E-state index in [-0.39, 0.29) is 25.1 Å². The molecule has 1 aliphatic heterocycles. The van der Waals surface area contributed by atoms with Gasteiger partial charge >= 0.3 is 12.1 Å². The van der Waals surface area contributed by atoms with Crippen molar-refractivity contribution in [2.45, 2.75) is 97.7 Å². The molecule has 9 heteroatoms. The molecule has 8 nitrogen and oxygen atoms in total. The molecule has 0 bridgehead atoms. The van der Waals surface area contributed by atoms with Crippen molar-refractivity contribution in [2.75, 3.05) is 25.1 Å². The third-order valence-electron chi connectivity index (χ3n) is 7.58. The summed E-state index contributed by atoms with van der Waals surface area (Å²) in [5.41, 5.74) is 2.60. The maximum absolute atomic E-state index is 16.2. The van der Waals surface area contributed by atoms with Crippen LogP contribution in [0, 0.1) is 5.82 Å². The topological polar surface area (TPSA) is 86.3 Å². The second-order valence-corrected chi connectivity index (χ2v) is 14.1. The molecule has 1 fully saturated rings. The molecule has 0 aliphatic carbocycles. The lowest BCUT2D eigenvalue weighted by molar-refractivity contribution is -0.153. The third-order valence-corrected chi connectivity index (χ3v) is 7.58. The summed E-state index contributed by atoms with van der Waals surface area (Å²) in [7, 11) is 2.00. The highest BCUT2D eigenvalue weighted by molar-refractivity contribution is 5.74. The van der Waals surface area contributed by atoms with E-state index >= 15 is 4.39 Å². The fourth-order valence-corrected chi connectivity index (χ4v) is 5.49. The molecule has 1 N–H and O–H groups in total. The van der Waals surface area contributed by atoms with E-state index in [1.165, 1.54) is 0 Å². The van der Waals surface area contributed by atoms with Gasteiger partial charge in [0.15, 0.2) is 0 Å². The van der Waals surface area contributed by atoms with Crippen molar-refractivity contribution in [3.63, 3.8) is 0 Å². The van der Waals surface area contributed by atoms with E-state index in [2.05, 4.69) is 10.2 Å². The van der Waals surface area contributed by atoms with Crippen molar-refractivity contribution in [3.05, 3.63) is 83.2 Å². The summed E-state index contributed by atoms with van der Waals surface area (Å²) >= 11 is 0. The van der Waals surface area contributed by atoms with Gasteiger partial charge in [0.1, 0.15) is 29.4 Å². The molecular weight excluding hydrogens is 599 g/mol. The van der Waals surface area contributed by atoms with Crippen LogP contribution in [-0.2, 0) is 32.0 Å². The number of carbonyl (C=O) groups excluding carboxylic acids is 2. The number of benzene rings is 3. The molecule has 0 saturated carbocycles. The lowest BCUT2D eigenvalue weighted by atomic mass is 9.97. The van der Waals surface area contributed by atoms with Gasteiger partial charge in [-0.15, -0.1) is 0 Å². The SMILES string of the molecule is CC(NC(=O)OC(C)(C)C)c1cccc(-c2cc(COc3ccccc3CC(=O)OC(C)(C)C)cc(N(C)CC3CCCO3)c2)c1F. The van der Waals surface area contributed by atoms with E-state index in [0.29, 0.717) is 29.0 Å². The number of ether oxygens (including phenoxy) is 4. The van der Waals surface area contributed by atoms with E-state index in [1.54, 1.807) is 45.9 Å². The lowest BCUT2D eigenvalue weighted by Crippen LogP contribution is -2.34. The highest BCUT2D eigenvalue weighted by atomic mass is 19.1. The van der Waals surface area contributed by atoms with Gasteiger partial charge in [0.25, 0.3) is 0 Å². The number of para-hydroxylation sites is 1. The first-order chi connectivity index (χ1) is 22.1. The summed E-state index contributed by atoms with van der Waals surface area (Å²) in [6, 6.07) is 17.9. The number of esters is 1. The van der Waals surface area contributed by atoms with Gasteiger partial charge in [-0.1, -0.05) is 36.4 Å². The van der Waals surface area contributed by atoms with Gasteiger partial charge in [0.2, 0.25) is 0 Å². The number of nitrogens with one attached hydrogen (secondary N) is 1. The first-order valence-corrected chi connectivity index (χ1v) is 16.3. The van der Waals surface area contributed by atoms with Gasteiger partial charge in [-0.2, -0.15) is 0 Å². The number of likely N-dealkylation sites (N-methyl/N-ethyl adjacent to an activating group) is 1. The summed E-state index contributed by atoms with van der Waals surface area (Å²) < 4.78 is 39.3. The summed E-state index contributed by atoms with van der Waals surface area (Å²) in [5, 5.41) is 2.75. The summed E-state index contributed by atoms with van der Waals surface area (Å²) in [5.74, 6) is -0.183. The molecule has 1 heterocycles. The van der Waals surface area contributed by atoms with Crippen LogP contribution in [0.4, 0.5) is 14.9 Å². The first-order valence-electron chi connectivity index (χ1n) is 16.3. The molecule has 4 rings (SSSR count). The first kappa shape index (κ1) is 35.7. The van der Waals surface area contributed by atoms with Crippen LogP contribution in [0.3, 0.4) is 0 Å². The van der Waals surface area contributed by atoms with Gasteiger partial charge in [-0.25, -0.2) is 9.18 Å². The second kappa shape index (κ2) is 15.2. The van der Waals surface area contributed by atoms with E-state index < -0.39 is 29.2 Å². The smallest absolute Gasteiger partial charge is 0.408 e. The van der Waals surface area contributed by atoms with Crippen molar-refractivity contribution in [1.29, 1.82) is 0 Å². The van der Waals surface area contributed by atoms with Gasteiger partial charge in [-0.3, -0.25) is 4.79 Å². The Bertz CT molecular complexity index is 1540. The molecule has 0 aromatic heterocycles. The summed E-state index contributed by atoms with van der Waals surface area (Å²) in [6.45, 7) is 14.2. The maximum Gasteiger partial charge on any atom is 0.408 e. The zero-order valence-electron chi connectivity index (χ0n) is 28.9. The Morgan fingerprint density at radius 1 is 1.00 bits per heavy atom. The average molecular weight is 649 g/mol. The van der Waals surface area contributed by atoms with E-state index in [4.69, 9.17) is 18.9 Å². The minimum absolute atomic E-state index is 0.0797. The maximum atomic E-state index is 16.2. The van der Waals surface area contributed by atoms with Crippen LogP contribution < -0.4 is 15.0 Å². The third kappa shape index (κ3) is 10.7. The summed E-state index contributed by atoms with van der Waals surface area (Å²) in [6.07, 6.45) is 1.62. The fraction of sp³-hybridized carbons (Fsp3) is 0.474. The molecule has 0 spiro atoms. The molecule has 2 atom stereocenters. The van der Waals surface area contributed by atoms with Crippen molar-refractivity contribution in [1.82, 2.24) is 5.32 Å². The van der Waals surface area contributed by atoms with Crippen LogP contribution in [-0.4, -0.2) is 49.6 Å². The van der Waals surface area contributed by atoms with Crippen molar-refractivity contribution in [2.24, 2.45) is 0 Å². The average Bonchev–Trinajstić information content (AvgIpc) is 3.47. The predicted octanol–water partition coefficient (Wildman–Crippen LogP) is 8.16. The zero-order chi connectivity index (χ0) is 34.4. The van der Waals surface area contributed by atoms with Gasteiger partial charge < -0.3 is 29.2 Å². The Balaban J connectivity index is 1.63. The van der Waals surface area contributed by atoms with Gasteiger partial charge in [-0.05, 0) is 96.7 Å². The number of carbonyl (C=O) groups is 2. The van der Waals surface area contributed by atoms with Gasteiger partial charge in [0.05, 0.1) is 18.6 Å². The Labute approximate surface area is 278 Å². The molecule has 3 aromatic carbocycles. The van der Waals surface area contributed by atoms with E-state index in [1.807, 2.05) is 70.3 Å². The minimum atomic E-state index is -0.672. The highest BCUT2D eigenvalue weighted by Crippen LogP contribution is 2.33. The van der Waals surface area contributed by atoms with Crippen LogP contribution in [0.25, 0.3) is 11.1 Å². The number of hydrogen-bond acceptors (Lipinski definition) is 7. The summed E-state index contributed by atoms with van der Waals surface area (Å²) in [4.78, 5) is 27.1. The van der Waals surface area contributed by atoms with Crippen LogP contribution >= 0.6 is 0 Å². The molecule has 1 aliphatic rings. The quantitative estimate of drug-likeness (QED) is 0.210. The highest BCUT2D eigenvalue weighted by Gasteiger charge is 2.23. The molecule has 0 radical (unpaired) electrons. The Kier molecular flexibility index (Phi) is 11.6. The Morgan fingerprint density at radius 3 is 2.40 bits per heavy atom. The van der Waals surface area contributed by atoms with Crippen molar-refractivity contribution < 1.29 is 32.9 Å². The van der Waals surface area contributed by atoms with E-state index in [0.717, 1.165) is 36.3 Å². The fourth-order valence-electron chi connectivity index (χ4n) is 5.49. The molecule has 1 saturated heterocycles. The Hall–Kier alpha value is -4.11. The molecule has 47 heavy (non-hydrogen) atoms. The normalized spacial score (nSPS) is 15.6. The van der Waals surface area contributed by atoms with E-state index in [9.17, 15) is 9.59 Å². The number of hydrogen-bond donors (Lipinski definition) is 1. The van der Waals surface area contributed by atoms with Crippen molar-refractivity contribution in [3.8, 4) is 16.9 Å². The number of nitrogens with zero attached hydrogens (tertiary/aromatic N) is 1. The van der Waals surface area contributed by atoms with Crippen LogP contribution in [0.15, 0.2) is 60.7 Å². The molecule has 1 amide bonds. The minimum Gasteiger partial charge on any atom is -0.489 e. The standard InChI is InChI=1S/C38H49FN2O6/c1-25(40-36(43)47-38(5,6)7)31-15-11-16-32(35(31)39)28-19-26(20-29(21-28)41(8)23-30-14-12-18-44-30)24-45-33-17-10-9-13-27(33)22-34(42)46-37(2,3)4/h9-11,13,15-17,19-21,25,30H,12,14,18,22-24H2,1-8H3,(H,40,43). The number of halogens is 1. The number of alkyl carbamates (subject to hydrolysis) is 1. The molecule has 3 aromatic rings. The monoisotopic (exact) mass is 648 g/mol. The number of amides is 1. The van der Waals surface area contributed by atoms with Crippen LogP contribution in [0.5, 0.6) is 5.75 Å². The predicted molar refractivity (Wildman–Crippen MR) is 182 cm³/mol.